The lowest BCUT2D eigenvalue weighted by Gasteiger charge is -2.47. The van der Waals surface area contributed by atoms with Crippen LogP contribution >= 0.6 is 0 Å². The molecule has 3 rings (SSSR count). The molecule has 12 nitrogen and oxygen atoms in total. The van der Waals surface area contributed by atoms with Crippen LogP contribution in [-0.4, -0.2) is 136 Å². The van der Waals surface area contributed by atoms with E-state index in [-0.39, 0.29) is 18.1 Å². The number of likely N-dealkylation sites (tertiary alicyclic amines) is 1. The van der Waals surface area contributed by atoms with E-state index >= 15 is 0 Å². The number of pyridine rings is 1. The number of rotatable bonds is 5. The van der Waals surface area contributed by atoms with Crippen molar-refractivity contribution in [1.82, 2.24) is 19.7 Å². The predicted molar refractivity (Wildman–Crippen MR) is 134 cm³/mol. The number of carbonyl (C=O) groups is 4. The molecule has 1 aromatic heterocycles. The van der Waals surface area contributed by atoms with Crippen molar-refractivity contribution in [3.05, 3.63) is 30.1 Å². The fourth-order valence-electron chi connectivity index (χ4n) is 3.45. The van der Waals surface area contributed by atoms with E-state index < -0.39 is 36.4 Å². The zero-order valence-corrected chi connectivity index (χ0v) is 23.7. The molecule has 2 aliphatic heterocycles. The zero-order chi connectivity index (χ0) is 35.2. The maximum Gasteiger partial charge on any atom is 0.490 e. The SMILES string of the molecule is CN(C)CCN1CC2(CCN(Cc3ccccn3)CC2)OCC1=O.O=C(O)C(F)(F)F.O=C(O)C(F)(F)F.O=C(O)C(F)(F)F. The summed E-state index contributed by atoms with van der Waals surface area (Å²) in [5.41, 5.74) is 0.960. The Bertz CT molecular complexity index is 1040. The van der Waals surface area contributed by atoms with E-state index in [0.29, 0.717) is 0 Å². The number of hydrogen-bond acceptors (Lipinski definition) is 8. The number of morpholine rings is 1. The molecule has 3 heterocycles. The minimum Gasteiger partial charge on any atom is -0.475 e. The first kappa shape index (κ1) is 41.3. The molecule has 1 aromatic rings. The number of aliphatic carboxylic acids is 3. The number of alkyl halides is 9. The van der Waals surface area contributed by atoms with E-state index in [1.165, 1.54) is 0 Å². The molecule has 1 amide bonds. The Balaban J connectivity index is 0.000000753. The van der Waals surface area contributed by atoms with Gasteiger partial charge in [0, 0.05) is 45.5 Å². The lowest BCUT2D eigenvalue weighted by atomic mass is 9.89. The van der Waals surface area contributed by atoms with Gasteiger partial charge in [0.1, 0.15) is 6.61 Å². The van der Waals surface area contributed by atoms with Gasteiger partial charge in [-0.15, -0.1) is 0 Å². The number of ether oxygens (including phenoxy) is 1. The Morgan fingerprint density at radius 1 is 0.889 bits per heavy atom. The van der Waals surface area contributed by atoms with E-state index in [2.05, 4.69) is 20.9 Å². The standard InChI is InChI=1S/C18H28N4O2.3C2HF3O2/c1-20(2)11-12-22-15-18(24-14-17(22)23)6-9-21(10-7-18)13-16-5-3-4-8-19-16;3*3-2(4,5)1(6)7/h3-5,8H,6-7,9-15H2,1-2H3;3*(H,6,7). The van der Waals surface area contributed by atoms with E-state index in [9.17, 15) is 44.3 Å². The number of likely N-dealkylation sites (N-methyl/N-ethyl adjacent to an activating group) is 1. The van der Waals surface area contributed by atoms with Crippen molar-refractivity contribution >= 4 is 23.8 Å². The second-order valence-corrected chi connectivity index (χ2v) is 9.60. The zero-order valence-electron chi connectivity index (χ0n) is 23.7. The summed E-state index contributed by atoms with van der Waals surface area (Å²) in [6.07, 6.45) is -11.4. The topological polar surface area (TPSA) is 161 Å². The molecule has 0 aliphatic carbocycles. The van der Waals surface area contributed by atoms with Gasteiger partial charge in [-0.25, -0.2) is 14.4 Å². The number of carbonyl (C=O) groups excluding carboxylic acids is 1. The highest BCUT2D eigenvalue weighted by molar-refractivity contribution is 5.78. The van der Waals surface area contributed by atoms with Gasteiger partial charge < -0.3 is 29.9 Å². The Kier molecular flexibility index (Phi) is 16.2. The van der Waals surface area contributed by atoms with Crippen molar-refractivity contribution in [3.8, 4) is 0 Å². The lowest BCUT2D eigenvalue weighted by molar-refractivity contribution is -0.193. The smallest absolute Gasteiger partial charge is 0.475 e. The van der Waals surface area contributed by atoms with Crippen molar-refractivity contribution in [2.45, 2.75) is 43.5 Å². The second-order valence-electron chi connectivity index (χ2n) is 9.60. The molecule has 0 unspecified atom stereocenters. The third-order valence-corrected chi connectivity index (χ3v) is 5.76. The van der Waals surface area contributed by atoms with Crippen LogP contribution in [0.4, 0.5) is 39.5 Å². The predicted octanol–water partition coefficient (Wildman–Crippen LogP) is 2.74. The van der Waals surface area contributed by atoms with Crippen LogP contribution in [0.3, 0.4) is 0 Å². The number of carboxylic acids is 3. The first-order valence-corrected chi connectivity index (χ1v) is 12.5. The monoisotopic (exact) mass is 674 g/mol. The largest absolute Gasteiger partial charge is 0.490 e. The lowest BCUT2D eigenvalue weighted by Crippen LogP contribution is -2.59. The van der Waals surface area contributed by atoms with Gasteiger partial charge in [0.2, 0.25) is 5.91 Å². The first-order valence-electron chi connectivity index (χ1n) is 12.5. The summed E-state index contributed by atoms with van der Waals surface area (Å²) in [4.78, 5) is 49.7. The number of amides is 1. The molecule has 3 N–H and O–H groups in total. The highest BCUT2D eigenvalue weighted by atomic mass is 19.4. The summed E-state index contributed by atoms with van der Waals surface area (Å²) in [5, 5.41) is 21.4. The molecule has 0 radical (unpaired) electrons. The highest BCUT2D eigenvalue weighted by Gasteiger charge is 2.42. The fraction of sp³-hybridized carbons (Fsp3) is 0.625. The molecule has 2 saturated heterocycles. The van der Waals surface area contributed by atoms with Crippen LogP contribution in [-0.2, 0) is 30.5 Å². The maximum absolute atomic E-state index is 12.1. The molecule has 258 valence electrons. The van der Waals surface area contributed by atoms with Crippen LogP contribution < -0.4 is 0 Å². The van der Waals surface area contributed by atoms with Gasteiger partial charge in [-0.1, -0.05) is 6.07 Å². The van der Waals surface area contributed by atoms with Gasteiger partial charge in [0.25, 0.3) is 0 Å². The molecule has 45 heavy (non-hydrogen) atoms. The van der Waals surface area contributed by atoms with Crippen molar-refractivity contribution in [3.63, 3.8) is 0 Å². The van der Waals surface area contributed by atoms with Gasteiger partial charge in [0.05, 0.1) is 11.3 Å². The summed E-state index contributed by atoms with van der Waals surface area (Å²) in [6, 6.07) is 6.05. The van der Waals surface area contributed by atoms with Crippen molar-refractivity contribution in [2.24, 2.45) is 0 Å². The first-order chi connectivity index (χ1) is 20.4. The third-order valence-electron chi connectivity index (χ3n) is 5.76. The number of aromatic nitrogens is 1. The minimum absolute atomic E-state index is 0.124. The molecular weight excluding hydrogens is 643 g/mol. The van der Waals surface area contributed by atoms with Crippen molar-refractivity contribution in [2.75, 3.05) is 53.4 Å². The van der Waals surface area contributed by atoms with Crippen LogP contribution in [0.25, 0.3) is 0 Å². The molecule has 1 spiro atoms. The molecule has 2 fully saturated rings. The maximum atomic E-state index is 12.1. The summed E-state index contributed by atoms with van der Waals surface area (Å²) >= 11 is 0. The molecule has 2 aliphatic rings. The quantitative estimate of drug-likeness (QED) is 0.394. The van der Waals surface area contributed by atoms with Crippen LogP contribution in [0.2, 0.25) is 0 Å². The number of halogens is 9. The van der Waals surface area contributed by atoms with Crippen LogP contribution in [0, 0.1) is 0 Å². The highest BCUT2D eigenvalue weighted by Crippen LogP contribution is 2.31. The van der Waals surface area contributed by atoms with E-state index in [4.69, 9.17) is 34.4 Å². The summed E-state index contributed by atoms with van der Waals surface area (Å²) in [7, 11) is 4.08. The average Bonchev–Trinajstić information content (AvgIpc) is 2.91. The van der Waals surface area contributed by atoms with Gasteiger partial charge in [-0.3, -0.25) is 14.7 Å². The van der Waals surface area contributed by atoms with Gasteiger partial charge in [0.15, 0.2) is 0 Å². The molecule has 0 atom stereocenters. The van der Waals surface area contributed by atoms with Crippen LogP contribution in [0.1, 0.15) is 18.5 Å². The summed E-state index contributed by atoms with van der Waals surface area (Å²) in [5.74, 6) is -8.15. The molecular formula is C24H31F9N4O8. The van der Waals surface area contributed by atoms with Gasteiger partial charge in [-0.2, -0.15) is 39.5 Å². The van der Waals surface area contributed by atoms with Crippen molar-refractivity contribution < 1.29 is 78.7 Å². The molecule has 0 aromatic carbocycles. The Labute approximate surface area is 250 Å². The van der Waals surface area contributed by atoms with Gasteiger partial charge >= 0.3 is 36.4 Å². The minimum atomic E-state index is -5.08. The number of nitrogens with zero attached hydrogens (tertiary/aromatic N) is 4. The Morgan fingerprint density at radius 2 is 1.33 bits per heavy atom. The van der Waals surface area contributed by atoms with E-state index in [0.717, 1.165) is 57.8 Å². The van der Waals surface area contributed by atoms with E-state index in [1.54, 1.807) is 0 Å². The number of carboxylic acid groups (broad SMARTS) is 3. The van der Waals surface area contributed by atoms with E-state index in [1.807, 2.05) is 37.3 Å². The average molecular weight is 675 g/mol. The van der Waals surface area contributed by atoms with Crippen LogP contribution in [0.5, 0.6) is 0 Å². The summed E-state index contributed by atoms with van der Waals surface area (Å²) in [6.45, 7) is 5.52. The third kappa shape index (κ3) is 17.4. The van der Waals surface area contributed by atoms with Crippen molar-refractivity contribution in [1.29, 1.82) is 0 Å². The Hall–Kier alpha value is -3.72. The summed E-state index contributed by atoms with van der Waals surface area (Å²) < 4.78 is 101. The number of hydrogen-bond donors (Lipinski definition) is 3. The second kappa shape index (κ2) is 17.7. The number of piperidine rings is 1. The molecule has 21 heteroatoms. The Morgan fingerprint density at radius 3 is 1.69 bits per heavy atom. The molecule has 0 saturated carbocycles. The molecule has 0 bridgehead atoms. The van der Waals surface area contributed by atoms with Crippen LogP contribution in [0.15, 0.2) is 24.4 Å². The normalized spacial score (nSPS) is 16.8. The fourth-order valence-corrected chi connectivity index (χ4v) is 3.45. The van der Waals surface area contributed by atoms with Gasteiger partial charge in [-0.05, 0) is 39.1 Å².